The summed E-state index contributed by atoms with van der Waals surface area (Å²) in [5, 5.41) is 3.14. The molecule has 1 aromatic rings. The van der Waals surface area contributed by atoms with Crippen LogP contribution in [-0.2, 0) is 0 Å². The first-order chi connectivity index (χ1) is 9.77. The van der Waals surface area contributed by atoms with Gasteiger partial charge in [0.15, 0.2) is 5.13 Å². The fourth-order valence-corrected chi connectivity index (χ4v) is 3.00. The molecule has 0 unspecified atom stereocenters. The minimum absolute atomic E-state index is 0.0357. The molecule has 1 aromatic heterocycles. The summed E-state index contributed by atoms with van der Waals surface area (Å²) in [5.74, 6) is -0.968. The first kappa shape index (κ1) is 16.1. The van der Waals surface area contributed by atoms with E-state index in [0.717, 1.165) is 4.88 Å². The van der Waals surface area contributed by atoms with Crippen LogP contribution in [0.3, 0.4) is 0 Å². The van der Waals surface area contributed by atoms with Crippen molar-refractivity contribution in [2.24, 2.45) is 5.92 Å². The van der Waals surface area contributed by atoms with Gasteiger partial charge in [-0.2, -0.15) is 13.2 Å². The number of hydrogen-bond acceptors (Lipinski definition) is 3. The number of nitrogens with one attached hydrogen (secondary N) is 1. The molecule has 0 saturated carbocycles. The van der Waals surface area contributed by atoms with Crippen LogP contribution >= 0.6 is 11.3 Å². The van der Waals surface area contributed by atoms with Gasteiger partial charge in [-0.15, -0.1) is 11.3 Å². The summed E-state index contributed by atoms with van der Waals surface area (Å²) in [7, 11) is 0. The zero-order valence-electron chi connectivity index (χ0n) is 11.9. The molecule has 2 heterocycles. The normalized spacial score (nSPS) is 17.3. The quantitative estimate of drug-likeness (QED) is 0.892. The van der Waals surface area contributed by atoms with Crippen molar-refractivity contribution in [2.45, 2.75) is 38.8 Å². The van der Waals surface area contributed by atoms with E-state index in [1.807, 2.05) is 13.8 Å². The number of rotatable bonds is 2. The molecule has 1 aliphatic heterocycles. The highest BCUT2D eigenvalue weighted by molar-refractivity contribution is 7.15. The Morgan fingerprint density at radius 1 is 1.43 bits per heavy atom. The number of alkyl halides is 3. The van der Waals surface area contributed by atoms with Gasteiger partial charge >= 0.3 is 12.2 Å². The lowest BCUT2D eigenvalue weighted by molar-refractivity contribution is -0.183. The zero-order valence-corrected chi connectivity index (χ0v) is 12.7. The Hall–Kier alpha value is -1.31. The first-order valence-corrected chi connectivity index (χ1v) is 7.67. The van der Waals surface area contributed by atoms with Gasteiger partial charge in [-0.3, -0.25) is 5.32 Å². The van der Waals surface area contributed by atoms with E-state index in [2.05, 4.69) is 10.3 Å². The molecule has 0 aromatic carbocycles. The third-order valence-electron chi connectivity index (χ3n) is 3.55. The summed E-state index contributed by atoms with van der Waals surface area (Å²) in [6, 6.07) is -0.375. The average Bonchev–Trinajstić information content (AvgIpc) is 2.86. The number of carbonyl (C=O) groups is 1. The Morgan fingerprint density at radius 2 is 2.05 bits per heavy atom. The van der Waals surface area contributed by atoms with Crippen molar-refractivity contribution in [1.29, 1.82) is 0 Å². The van der Waals surface area contributed by atoms with Crippen LogP contribution in [0.4, 0.5) is 23.1 Å². The highest BCUT2D eigenvalue weighted by Crippen LogP contribution is 2.34. The molecule has 21 heavy (non-hydrogen) atoms. The number of urea groups is 1. The predicted octanol–water partition coefficient (Wildman–Crippen LogP) is 4.07. The number of anilines is 1. The number of likely N-dealkylation sites (tertiary alicyclic amines) is 1. The Balaban J connectivity index is 1.87. The van der Waals surface area contributed by atoms with Crippen LogP contribution in [0.25, 0.3) is 0 Å². The van der Waals surface area contributed by atoms with E-state index in [1.165, 1.54) is 16.2 Å². The van der Waals surface area contributed by atoms with Crippen LogP contribution in [0.5, 0.6) is 0 Å². The van der Waals surface area contributed by atoms with Crippen molar-refractivity contribution in [3.63, 3.8) is 0 Å². The molecule has 1 N–H and O–H groups in total. The highest BCUT2D eigenvalue weighted by atomic mass is 32.1. The van der Waals surface area contributed by atoms with Gasteiger partial charge in [-0.25, -0.2) is 9.78 Å². The van der Waals surface area contributed by atoms with Gasteiger partial charge in [0.2, 0.25) is 0 Å². The molecule has 0 spiro atoms. The molecular weight excluding hydrogens is 303 g/mol. The molecule has 4 nitrogen and oxygen atoms in total. The summed E-state index contributed by atoms with van der Waals surface area (Å²) in [4.78, 5) is 18.6. The van der Waals surface area contributed by atoms with E-state index in [9.17, 15) is 18.0 Å². The van der Waals surface area contributed by atoms with E-state index in [4.69, 9.17) is 0 Å². The number of carbonyl (C=O) groups excluding carboxylic acids is 1. The molecule has 0 bridgehead atoms. The van der Waals surface area contributed by atoms with Crippen molar-refractivity contribution in [2.75, 3.05) is 18.4 Å². The van der Waals surface area contributed by atoms with Crippen LogP contribution in [0, 0.1) is 5.92 Å². The summed E-state index contributed by atoms with van der Waals surface area (Å²) in [5.41, 5.74) is 0. The van der Waals surface area contributed by atoms with E-state index in [1.54, 1.807) is 6.20 Å². The molecular formula is C13H18F3N3OS. The van der Waals surface area contributed by atoms with E-state index < -0.39 is 12.1 Å². The number of nitrogens with zero attached hydrogens (tertiary/aromatic N) is 2. The summed E-state index contributed by atoms with van der Waals surface area (Å²) in [6.45, 7) is 4.30. The standard InChI is InChI=1S/C13H18F3N3OS/c1-8(2)10-7-17-11(21-10)18-12(20)19-5-3-9(4-6-19)13(14,15)16/h7-9H,3-6H2,1-2H3,(H,17,18,20). The summed E-state index contributed by atoms with van der Waals surface area (Å²) >= 11 is 1.39. The lowest BCUT2D eigenvalue weighted by Crippen LogP contribution is -2.43. The second kappa shape index (κ2) is 6.21. The van der Waals surface area contributed by atoms with Crippen molar-refractivity contribution in [3.05, 3.63) is 11.1 Å². The Labute approximate surface area is 125 Å². The molecule has 1 fully saturated rings. The lowest BCUT2D eigenvalue weighted by atomic mass is 9.96. The van der Waals surface area contributed by atoms with Gasteiger partial charge in [0, 0.05) is 24.2 Å². The maximum Gasteiger partial charge on any atom is 0.391 e. The second-order valence-corrected chi connectivity index (χ2v) is 6.52. The van der Waals surface area contributed by atoms with Gasteiger partial charge in [-0.05, 0) is 18.8 Å². The monoisotopic (exact) mass is 321 g/mol. The number of aromatic nitrogens is 1. The van der Waals surface area contributed by atoms with Crippen molar-refractivity contribution in [3.8, 4) is 0 Å². The fourth-order valence-electron chi connectivity index (χ4n) is 2.19. The maximum absolute atomic E-state index is 12.6. The number of amides is 2. The van der Waals surface area contributed by atoms with Crippen LogP contribution < -0.4 is 5.32 Å². The number of thiazole rings is 1. The predicted molar refractivity (Wildman–Crippen MR) is 75.6 cm³/mol. The summed E-state index contributed by atoms with van der Waals surface area (Å²) in [6.07, 6.45) is -2.52. The van der Waals surface area contributed by atoms with Gasteiger partial charge in [-0.1, -0.05) is 13.8 Å². The number of piperidine rings is 1. The third-order valence-corrected chi connectivity index (χ3v) is 4.76. The van der Waals surface area contributed by atoms with Crippen molar-refractivity contribution in [1.82, 2.24) is 9.88 Å². The molecule has 0 atom stereocenters. The molecule has 0 radical (unpaired) electrons. The third kappa shape index (κ3) is 4.09. The Bertz CT molecular complexity index is 493. The minimum Gasteiger partial charge on any atom is -0.324 e. The fraction of sp³-hybridized carbons (Fsp3) is 0.692. The molecule has 1 saturated heterocycles. The summed E-state index contributed by atoms with van der Waals surface area (Å²) < 4.78 is 37.7. The van der Waals surface area contributed by atoms with Gasteiger partial charge in [0.25, 0.3) is 0 Å². The van der Waals surface area contributed by atoms with Gasteiger partial charge in [0.1, 0.15) is 0 Å². The maximum atomic E-state index is 12.6. The number of hydrogen-bond donors (Lipinski definition) is 1. The molecule has 2 rings (SSSR count). The highest BCUT2D eigenvalue weighted by Gasteiger charge is 2.41. The second-order valence-electron chi connectivity index (χ2n) is 5.46. The molecule has 1 aliphatic rings. The zero-order chi connectivity index (χ0) is 15.6. The van der Waals surface area contributed by atoms with Gasteiger partial charge < -0.3 is 4.90 Å². The van der Waals surface area contributed by atoms with Crippen LogP contribution in [0.15, 0.2) is 6.20 Å². The topological polar surface area (TPSA) is 45.2 Å². The smallest absolute Gasteiger partial charge is 0.324 e. The minimum atomic E-state index is -4.16. The molecule has 8 heteroatoms. The average molecular weight is 321 g/mol. The van der Waals surface area contributed by atoms with Crippen molar-refractivity contribution < 1.29 is 18.0 Å². The molecule has 0 aliphatic carbocycles. The van der Waals surface area contributed by atoms with E-state index >= 15 is 0 Å². The van der Waals surface area contributed by atoms with Crippen molar-refractivity contribution >= 4 is 22.5 Å². The first-order valence-electron chi connectivity index (χ1n) is 6.85. The number of halogens is 3. The van der Waals surface area contributed by atoms with E-state index in [-0.39, 0.29) is 32.0 Å². The van der Waals surface area contributed by atoms with Crippen LogP contribution in [0.1, 0.15) is 37.5 Å². The lowest BCUT2D eigenvalue weighted by Gasteiger charge is -2.32. The Morgan fingerprint density at radius 3 is 2.52 bits per heavy atom. The van der Waals surface area contributed by atoms with E-state index in [0.29, 0.717) is 11.0 Å². The Kier molecular flexibility index (Phi) is 4.75. The largest absolute Gasteiger partial charge is 0.391 e. The molecule has 118 valence electrons. The van der Waals surface area contributed by atoms with Crippen LogP contribution in [-0.4, -0.2) is 35.2 Å². The molecule has 2 amide bonds. The van der Waals surface area contributed by atoms with Crippen LogP contribution in [0.2, 0.25) is 0 Å². The van der Waals surface area contributed by atoms with Gasteiger partial charge in [0.05, 0.1) is 5.92 Å². The SMILES string of the molecule is CC(C)c1cnc(NC(=O)N2CCC(C(F)(F)F)CC2)s1.